The molecule has 1 aromatic carbocycles. The number of nitrogens with zero attached hydrogens (tertiary/aromatic N) is 2. The van der Waals surface area contributed by atoms with E-state index in [2.05, 4.69) is 5.32 Å². The van der Waals surface area contributed by atoms with E-state index in [9.17, 15) is 9.59 Å². The van der Waals surface area contributed by atoms with Crippen LogP contribution in [0.1, 0.15) is 21.7 Å². The maximum Gasteiger partial charge on any atom is 0.287 e. The number of hydrogen-bond donors (Lipinski definition) is 1. The molecule has 0 aliphatic rings. The molecule has 0 aliphatic heterocycles. The Morgan fingerprint density at radius 1 is 1.20 bits per heavy atom. The van der Waals surface area contributed by atoms with Crippen LogP contribution in [0.15, 0.2) is 51.9 Å². The number of nitrogens with one attached hydrogen (secondary N) is 1. The van der Waals surface area contributed by atoms with E-state index in [0.29, 0.717) is 12.1 Å². The molecule has 0 bridgehead atoms. The van der Waals surface area contributed by atoms with Crippen molar-refractivity contribution in [2.45, 2.75) is 13.1 Å². The van der Waals surface area contributed by atoms with Crippen molar-refractivity contribution in [3.63, 3.8) is 0 Å². The highest BCUT2D eigenvalue weighted by Gasteiger charge is 2.16. The quantitative estimate of drug-likeness (QED) is 0.773. The molecule has 2 heterocycles. The summed E-state index contributed by atoms with van der Waals surface area (Å²) in [7, 11) is 5.58. The molecule has 6 heteroatoms. The first-order chi connectivity index (χ1) is 12.0. The summed E-state index contributed by atoms with van der Waals surface area (Å²) < 4.78 is 6.92. The number of rotatable bonds is 5. The number of furan rings is 1. The number of benzene rings is 1. The molecule has 0 fully saturated rings. The van der Waals surface area contributed by atoms with Crippen LogP contribution >= 0.6 is 0 Å². The van der Waals surface area contributed by atoms with Crippen LogP contribution in [0.3, 0.4) is 0 Å². The second kappa shape index (κ2) is 6.94. The van der Waals surface area contributed by atoms with Crippen molar-refractivity contribution in [2.75, 3.05) is 14.1 Å². The summed E-state index contributed by atoms with van der Waals surface area (Å²) in [4.78, 5) is 26.8. The molecule has 0 saturated carbocycles. The smallest absolute Gasteiger partial charge is 0.287 e. The minimum absolute atomic E-state index is 0.119. The average Bonchev–Trinajstić information content (AvgIpc) is 3.04. The first-order valence-electron chi connectivity index (χ1n) is 8.04. The zero-order chi connectivity index (χ0) is 18.0. The molecule has 25 heavy (non-hydrogen) atoms. The van der Waals surface area contributed by atoms with Gasteiger partial charge in [0.05, 0.1) is 11.8 Å². The Kier molecular flexibility index (Phi) is 4.72. The van der Waals surface area contributed by atoms with E-state index in [-0.39, 0.29) is 23.8 Å². The normalized spacial score (nSPS) is 11.2. The number of aryl methyl sites for hydroxylation is 1. The molecule has 130 valence electrons. The number of carbonyl (C=O) groups excluding carboxylic acids is 1. The molecule has 0 saturated heterocycles. The van der Waals surface area contributed by atoms with Crippen molar-refractivity contribution >= 4 is 16.8 Å². The third-order valence-electron chi connectivity index (χ3n) is 4.09. The van der Waals surface area contributed by atoms with Crippen LogP contribution in [0.25, 0.3) is 10.9 Å². The Bertz CT molecular complexity index is 969. The van der Waals surface area contributed by atoms with Gasteiger partial charge >= 0.3 is 0 Å². The summed E-state index contributed by atoms with van der Waals surface area (Å²) in [6, 6.07) is 11.3. The van der Waals surface area contributed by atoms with Crippen LogP contribution in [0.4, 0.5) is 0 Å². The van der Waals surface area contributed by atoms with Gasteiger partial charge in [0.2, 0.25) is 0 Å². The summed E-state index contributed by atoms with van der Waals surface area (Å²) in [5.41, 5.74) is 2.10. The van der Waals surface area contributed by atoms with Gasteiger partial charge in [0.1, 0.15) is 0 Å². The molecule has 2 aromatic heterocycles. The van der Waals surface area contributed by atoms with Gasteiger partial charge in [-0.1, -0.05) is 18.2 Å². The molecule has 0 atom stereocenters. The maximum atomic E-state index is 12.5. The lowest BCUT2D eigenvalue weighted by molar-refractivity contribution is 0.0920. The molecule has 0 spiro atoms. The van der Waals surface area contributed by atoms with Crippen molar-refractivity contribution in [1.82, 2.24) is 14.8 Å². The van der Waals surface area contributed by atoms with E-state index in [4.69, 9.17) is 4.42 Å². The number of carbonyl (C=O) groups is 1. The van der Waals surface area contributed by atoms with Crippen LogP contribution in [0.2, 0.25) is 0 Å². The number of fused-ring (bicyclic) bond motifs is 1. The highest BCUT2D eigenvalue weighted by atomic mass is 16.3. The van der Waals surface area contributed by atoms with Crippen LogP contribution in [-0.4, -0.2) is 29.5 Å². The SMILES string of the molecule is CN(C)Cc1ccoc1C(=O)NCc1cc2ccccc2n(C)c1=O. The minimum Gasteiger partial charge on any atom is -0.459 e. The molecule has 0 unspecified atom stereocenters. The van der Waals surface area contributed by atoms with Crippen molar-refractivity contribution in [3.8, 4) is 0 Å². The molecule has 0 radical (unpaired) electrons. The van der Waals surface area contributed by atoms with Crippen LogP contribution in [0.5, 0.6) is 0 Å². The van der Waals surface area contributed by atoms with E-state index < -0.39 is 0 Å². The summed E-state index contributed by atoms with van der Waals surface area (Å²) in [5.74, 6) is -0.0385. The van der Waals surface area contributed by atoms with E-state index in [1.807, 2.05) is 49.3 Å². The van der Waals surface area contributed by atoms with Gasteiger partial charge in [-0.05, 0) is 37.7 Å². The first-order valence-corrected chi connectivity index (χ1v) is 8.04. The number of hydrogen-bond acceptors (Lipinski definition) is 4. The average molecular weight is 339 g/mol. The molecular weight excluding hydrogens is 318 g/mol. The van der Waals surface area contributed by atoms with Gasteiger partial charge in [0, 0.05) is 31.3 Å². The summed E-state index contributed by atoms with van der Waals surface area (Å²) in [6.45, 7) is 0.759. The number of para-hydroxylation sites is 1. The van der Waals surface area contributed by atoms with Gasteiger partial charge in [-0.3, -0.25) is 9.59 Å². The summed E-state index contributed by atoms with van der Waals surface area (Å²) in [5, 5.41) is 3.74. The fraction of sp³-hybridized carbons (Fsp3) is 0.263. The highest BCUT2D eigenvalue weighted by molar-refractivity contribution is 5.92. The Labute approximate surface area is 145 Å². The summed E-state index contributed by atoms with van der Waals surface area (Å²) in [6.07, 6.45) is 1.50. The third kappa shape index (κ3) is 3.49. The Morgan fingerprint density at radius 2 is 1.96 bits per heavy atom. The summed E-state index contributed by atoms with van der Waals surface area (Å²) >= 11 is 0. The first kappa shape index (κ1) is 17.0. The molecule has 6 nitrogen and oxygen atoms in total. The molecule has 3 rings (SSSR count). The van der Waals surface area contributed by atoms with Crippen molar-refractivity contribution < 1.29 is 9.21 Å². The lowest BCUT2D eigenvalue weighted by atomic mass is 10.1. The molecule has 0 aliphatic carbocycles. The standard InChI is InChI=1S/C19H21N3O3/c1-21(2)12-14-8-9-25-17(14)18(23)20-11-15-10-13-6-4-5-7-16(13)22(3)19(15)24/h4-10H,11-12H2,1-3H3,(H,20,23). The zero-order valence-electron chi connectivity index (χ0n) is 14.6. The minimum atomic E-state index is -0.322. The van der Waals surface area contributed by atoms with Gasteiger partial charge in [0.15, 0.2) is 5.76 Å². The van der Waals surface area contributed by atoms with Crippen molar-refractivity contribution in [1.29, 1.82) is 0 Å². The fourth-order valence-corrected chi connectivity index (χ4v) is 2.87. The highest BCUT2D eigenvalue weighted by Crippen LogP contribution is 2.14. The van der Waals surface area contributed by atoms with Crippen molar-refractivity contribution in [2.24, 2.45) is 7.05 Å². The van der Waals surface area contributed by atoms with E-state index in [0.717, 1.165) is 16.5 Å². The topological polar surface area (TPSA) is 67.5 Å². The van der Waals surface area contributed by atoms with Crippen molar-refractivity contribution in [3.05, 3.63) is 69.9 Å². The number of aromatic nitrogens is 1. The lowest BCUT2D eigenvalue weighted by Gasteiger charge is -2.11. The van der Waals surface area contributed by atoms with Crippen LogP contribution in [0, 0.1) is 0 Å². The van der Waals surface area contributed by atoms with Gasteiger partial charge < -0.3 is 19.2 Å². The number of amides is 1. The molecule has 3 aromatic rings. The zero-order valence-corrected chi connectivity index (χ0v) is 14.6. The Morgan fingerprint density at radius 3 is 2.72 bits per heavy atom. The van der Waals surface area contributed by atoms with E-state index in [1.165, 1.54) is 6.26 Å². The Hall–Kier alpha value is -2.86. The predicted octanol–water partition coefficient (Wildman–Crippen LogP) is 2.12. The molecule has 1 N–H and O–H groups in total. The second-order valence-electron chi connectivity index (χ2n) is 6.29. The van der Waals surface area contributed by atoms with Gasteiger partial charge in [-0.25, -0.2) is 0 Å². The molecular formula is C19H21N3O3. The van der Waals surface area contributed by atoms with Crippen LogP contribution < -0.4 is 10.9 Å². The van der Waals surface area contributed by atoms with Gasteiger partial charge in [-0.2, -0.15) is 0 Å². The van der Waals surface area contributed by atoms with Gasteiger partial charge in [0.25, 0.3) is 11.5 Å². The lowest BCUT2D eigenvalue weighted by Crippen LogP contribution is -2.29. The second-order valence-corrected chi connectivity index (χ2v) is 6.29. The van der Waals surface area contributed by atoms with Crippen LogP contribution in [-0.2, 0) is 20.1 Å². The van der Waals surface area contributed by atoms with E-state index in [1.54, 1.807) is 17.7 Å². The van der Waals surface area contributed by atoms with Gasteiger partial charge in [-0.15, -0.1) is 0 Å². The number of pyridine rings is 1. The monoisotopic (exact) mass is 339 g/mol. The predicted molar refractivity (Wildman–Crippen MR) is 96.5 cm³/mol. The fourth-order valence-electron chi connectivity index (χ4n) is 2.87. The molecule has 1 amide bonds. The maximum absolute atomic E-state index is 12.5. The van der Waals surface area contributed by atoms with E-state index >= 15 is 0 Å². The third-order valence-corrected chi connectivity index (χ3v) is 4.09. The Balaban J connectivity index is 1.81. The largest absolute Gasteiger partial charge is 0.459 e.